The summed E-state index contributed by atoms with van der Waals surface area (Å²) in [5.74, 6) is 0.584. The maximum Gasteiger partial charge on any atom is 0.288 e. The van der Waals surface area contributed by atoms with E-state index in [1.165, 1.54) is 12.1 Å². The summed E-state index contributed by atoms with van der Waals surface area (Å²) in [5.41, 5.74) is 1.50. The minimum Gasteiger partial charge on any atom is -0.311 e. The predicted octanol–water partition coefficient (Wildman–Crippen LogP) is 3.18. The standard InChI is InChI=1S/C14H17ClN4O2/c1-10(2)8-16-9-11-5-6-18(17-11)12-3-4-14(19(20)21)13(15)7-12/h3-7,10,16H,8-9H2,1-2H3. The number of rotatable bonds is 6. The van der Waals surface area contributed by atoms with Crippen molar-refractivity contribution in [1.82, 2.24) is 15.1 Å². The number of hydrogen-bond donors (Lipinski definition) is 1. The van der Waals surface area contributed by atoms with Gasteiger partial charge in [0.1, 0.15) is 5.02 Å². The second-order valence-electron chi connectivity index (χ2n) is 5.17. The first kappa shape index (κ1) is 15.5. The largest absolute Gasteiger partial charge is 0.311 e. The van der Waals surface area contributed by atoms with Gasteiger partial charge < -0.3 is 5.32 Å². The molecule has 2 rings (SSSR count). The van der Waals surface area contributed by atoms with E-state index in [4.69, 9.17) is 11.6 Å². The second-order valence-corrected chi connectivity index (χ2v) is 5.58. The summed E-state index contributed by atoms with van der Waals surface area (Å²) in [6.07, 6.45) is 1.81. The number of nitrogens with zero attached hydrogens (tertiary/aromatic N) is 3. The lowest BCUT2D eigenvalue weighted by molar-refractivity contribution is -0.384. The van der Waals surface area contributed by atoms with Crippen LogP contribution in [0.3, 0.4) is 0 Å². The van der Waals surface area contributed by atoms with Gasteiger partial charge in [0, 0.05) is 18.8 Å². The number of halogens is 1. The minimum atomic E-state index is -0.504. The Hall–Kier alpha value is -1.92. The van der Waals surface area contributed by atoms with Crippen LogP contribution in [0.5, 0.6) is 0 Å². The molecule has 1 heterocycles. The molecular weight excluding hydrogens is 292 g/mol. The number of aromatic nitrogens is 2. The van der Waals surface area contributed by atoms with Gasteiger partial charge in [0.05, 0.1) is 16.3 Å². The molecule has 1 N–H and O–H groups in total. The maximum atomic E-state index is 10.7. The third-order valence-electron chi connectivity index (χ3n) is 2.90. The van der Waals surface area contributed by atoms with Gasteiger partial charge in [0.2, 0.25) is 0 Å². The van der Waals surface area contributed by atoms with Gasteiger partial charge in [0.25, 0.3) is 5.69 Å². The third kappa shape index (κ3) is 4.03. The molecule has 0 saturated heterocycles. The zero-order valence-corrected chi connectivity index (χ0v) is 12.7. The van der Waals surface area contributed by atoms with Crippen molar-refractivity contribution < 1.29 is 4.92 Å². The Morgan fingerprint density at radius 1 is 1.43 bits per heavy atom. The van der Waals surface area contributed by atoms with E-state index in [2.05, 4.69) is 24.3 Å². The van der Waals surface area contributed by atoms with E-state index in [-0.39, 0.29) is 10.7 Å². The summed E-state index contributed by atoms with van der Waals surface area (Å²) in [6.45, 7) is 5.90. The lowest BCUT2D eigenvalue weighted by atomic mass is 10.2. The molecule has 1 aromatic carbocycles. The molecule has 0 radical (unpaired) electrons. The van der Waals surface area contributed by atoms with Gasteiger partial charge in [-0.1, -0.05) is 25.4 Å². The number of benzene rings is 1. The Morgan fingerprint density at radius 2 is 2.19 bits per heavy atom. The van der Waals surface area contributed by atoms with E-state index in [0.29, 0.717) is 18.2 Å². The van der Waals surface area contributed by atoms with Gasteiger partial charge in [-0.3, -0.25) is 10.1 Å². The molecule has 112 valence electrons. The highest BCUT2D eigenvalue weighted by Crippen LogP contribution is 2.26. The van der Waals surface area contributed by atoms with Crippen molar-refractivity contribution in [2.75, 3.05) is 6.54 Å². The Labute approximate surface area is 127 Å². The SMILES string of the molecule is CC(C)CNCc1ccn(-c2ccc([N+](=O)[O-])c(Cl)c2)n1. The number of nitrogens with one attached hydrogen (secondary N) is 1. The van der Waals surface area contributed by atoms with Crippen LogP contribution in [0.15, 0.2) is 30.5 Å². The predicted molar refractivity (Wildman–Crippen MR) is 81.8 cm³/mol. The second kappa shape index (κ2) is 6.69. The van der Waals surface area contributed by atoms with Crippen LogP contribution in [0.2, 0.25) is 5.02 Å². The monoisotopic (exact) mass is 308 g/mol. The average Bonchev–Trinajstić information content (AvgIpc) is 2.86. The number of hydrogen-bond acceptors (Lipinski definition) is 4. The fraction of sp³-hybridized carbons (Fsp3) is 0.357. The lowest BCUT2D eigenvalue weighted by Gasteiger charge is -2.05. The van der Waals surface area contributed by atoms with E-state index in [9.17, 15) is 10.1 Å². The minimum absolute atomic E-state index is 0.104. The van der Waals surface area contributed by atoms with Crippen molar-refractivity contribution in [2.45, 2.75) is 20.4 Å². The Balaban J connectivity index is 2.10. The lowest BCUT2D eigenvalue weighted by Crippen LogP contribution is -2.19. The number of nitro groups is 1. The molecule has 0 amide bonds. The molecule has 0 fully saturated rings. The van der Waals surface area contributed by atoms with Gasteiger partial charge in [-0.2, -0.15) is 5.10 Å². The van der Waals surface area contributed by atoms with Crippen molar-refractivity contribution in [3.05, 3.63) is 51.3 Å². The van der Waals surface area contributed by atoms with Gasteiger partial charge in [0.15, 0.2) is 0 Å². The molecule has 1 aromatic heterocycles. The van der Waals surface area contributed by atoms with E-state index < -0.39 is 4.92 Å². The van der Waals surface area contributed by atoms with Crippen molar-refractivity contribution in [2.24, 2.45) is 5.92 Å². The summed E-state index contributed by atoms with van der Waals surface area (Å²) >= 11 is 5.90. The molecule has 0 atom stereocenters. The van der Waals surface area contributed by atoms with Gasteiger partial charge in [-0.15, -0.1) is 0 Å². The molecule has 6 nitrogen and oxygen atoms in total. The molecule has 2 aromatic rings. The summed E-state index contributed by atoms with van der Waals surface area (Å²) in [5, 5.41) is 18.6. The van der Waals surface area contributed by atoms with Crippen molar-refractivity contribution >= 4 is 17.3 Å². The zero-order chi connectivity index (χ0) is 15.4. The van der Waals surface area contributed by atoms with Crippen LogP contribution in [-0.2, 0) is 6.54 Å². The van der Waals surface area contributed by atoms with Gasteiger partial charge in [-0.05, 0) is 30.7 Å². The van der Waals surface area contributed by atoms with Crippen LogP contribution in [0.4, 0.5) is 5.69 Å². The third-order valence-corrected chi connectivity index (χ3v) is 3.20. The molecular formula is C14H17ClN4O2. The van der Waals surface area contributed by atoms with Crippen LogP contribution < -0.4 is 5.32 Å². The van der Waals surface area contributed by atoms with Crippen LogP contribution in [0, 0.1) is 16.0 Å². The molecule has 0 aliphatic carbocycles. The Bertz CT molecular complexity index is 640. The summed E-state index contributed by atoms with van der Waals surface area (Å²) in [4.78, 5) is 10.2. The van der Waals surface area contributed by atoms with E-state index in [0.717, 1.165) is 12.2 Å². The molecule has 0 aliphatic rings. The highest BCUT2D eigenvalue weighted by atomic mass is 35.5. The molecule has 0 aliphatic heterocycles. The van der Waals surface area contributed by atoms with Crippen LogP contribution in [-0.4, -0.2) is 21.2 Å². The van der Waals surface area contributed by atoms with Crippen LogP contribution in [0.1, 0.15) is 19.5 Å². The van der Waals surface area contributed by atoms with Crippen molar-refractivity contribution in [3.63, 3.8) is 0 Å². The molecule has 0 spiro atoms. The molecule has 0 saturated carbocycles. The van der Waals surface area contributed by atoms with Crippen molar-refractivity contribution in [1.29, 1.82) is 0 Å². The average molecular weight is 309 g/mol. The zero-order valence-electron chi connectivity index (χ0n) is 11.9. The first-order valence-electron chi connectivity index (χ1n) is 6.67. The van der Waals surface area contributed by atoms with Gasteiger partial charge in [-0.25, -0.2) is 4.68 Å². The highest BCUT2D eigenvalue weighted by molar-refractivity contribution is 6.32. The topological polar surface area (TPSA) is 73.0 Å². The van der Waals surface area contributed by atoms with Crippen LogP contribution >= 0.6 is 11.6 Å². The highest BCUT2D eigenvalue weighted by Gasteiger charge is 2.13. The van der Waals surface area contributed by atoms with Crippen molar-refractivity contribution in [3.8, 4) is 5.69 Å². The maximum absolute atomic E-state index is 10.7. The van der Waals surface area contributed by atoms with E-state index in [1.54, 1.807) is 10.7 Å². The fourth-order valence-corrected chi connectivity index (χ4v) is 2.12. The number of nitro benzene ring substituents is 1. The molecule has 21 heavy (non-hydrogen) atoms. The first-order valence-corrected chi connectivity index (χ1v) is 7.04. The summed E-state index contributed by atoms with van der Waals surface area (Å²) < 4.78 is 1.65. The summed E-state index contributed by atoms with van der Waals surface area (Å²) in [6, 6.07) is 6.46. The van der Waals surface area contributed by atoms with Gasteiger partial charge >= 0.3 is 0 Å². The molecule has 0 unspecified atom stereocenters. The van der Waals surface area contributed by atoms with Crippen LogP contribution in [0.25, 0.3) is 5.69 Å². The quantitative estimate of drug-likeness (QED) is 0.657. The first-order chi connectivity index (χ1) is 9.97. The molecule has 7 heteroatoms. The smallest absolute Gasteiger partial charge is 0.288 e. The Morgan fingerprint density at radius 3 is 2.81 bits per heavy atom. The van der Waals surface area contributed by atoms with E-state index in [1.807, 2.05) is 12.3 Å². The Kier molecular flexibility index (Phi) is 4.93. The van der Waals surface area contributed by atoms with E-state index >= 15 is 0 Å². The summed E-state index contributed by atoms with van der Waals surface area (Å²) in [7, 11) is 0. The normalized spacial score (nSPS) is 11.0. The molecule has 0 bridgehead atoms. The fourth-order valence-electron chi connectivity index (χ4n) is 1.88.